The van der Waals surface area contributed by atoms with Gasteiger partial charge < -0.3 is 10.2 Å². The maximum Gasteiger partial charge on any atom is 0.0107 e. The standard InChI is InChI=1S/C16H28N2S/c1-14-5-3-6-15(13-14)18(2)11-10-17-9-8-16-7-4-12-19-16/h4,7,12,14-15,17H,3,5-6,8-11,13H2,1-2H3. The van der Waals surface area contributed by atoms with Crippen LogP contribution in [0.25, 0.3) is 0 Å². The third-order valence-electron chi connectivity index (χ3n) is 4.30. The zero-order valence-electron chi connectivity index (χ0n) is 12.4. The van der Waals surface area contributed by atoms with Gasteiger partial charge in [0, 0.05) is 30.6 Å². The van der Waals surface area contributed by atoms with E-state index in [4.69, 9.17) is 0 Å². The first-order valence-electron chi connectivity index (χ1n) is 7.69. The normalized spacial score (nSPS) is 23.9. The van der Waals surface area contributed by atoms with Gasteiger partial charge in [-0.2, -0.15) is 0 Å². The number of hydrogen-bond donors (Lipinski definition) is 1. The Bertz CT molecular complexity index is 337. The van der Waals surface area contributed by atoms with Crippen molar-refractivity contribution in [3.8, 4) is 0 Å². The van der Waals surface area contributed by atoms with Crippen LogP contribution in [0.3, 0.4) is 0 Å². The Labute approximate surface area is 122 Å². The third kappa shape index (κ3) is 5.25. The Hall–Kier alpha value is -0.380. The van der Waals surface area contributed by atoms with Gasteiger partial charge in [-0.3, -0.25) is 0 Å². The molecular weight excluding hydrogens is 252 g/mol. The molecule has 0 radical (unpaired) electrons. The lowest BCUT2D eigenvalue weighted by molar-refractivity contribution is 0.165. The topological polar surface area (TPSA) is 15.3 Å². The van der Waals surface area contributed by atoms with E-state index in [9.17, 15) is 0 Å². The number of nitrogens with one attached hydrogen (secondary N) is 1. The summed E-state index contributed by atoms with van der Waals surface area (Å²) in [5.74, 6) is 0.924. The van der Waals surface area contributed by atoms with Gasteiger partial charge in [-0.15, -0.1) is 11.3 Å². The van der Waals surface area contributed by atoms with Crippen molar-refractivity contribution in [2.24, 2.45) is 5.92 Å². The molecule has 0 aromatic carbocycles. The number of likely N-dealkylation sites (N-methyl/N-ethyl adjacent to an activating group) is 1. The van der Waals surface area contributed by atoms with Gasteiger partial charge in [0.2, 0.25) is 0 Å². The quantitative estimate of drug-likeness (QED) is 0.770. The summed E-state index contributed by atoms with van der Waals surface area (Å²) >= 11 is 1.86. The third-order valence-corrected chi connectivity index (χ3v) is 5.24. The van der Waals surface area contributed by atoms with Gasteiger partial charge in [0.05, 0.1) is 0 Å². The Balaban J connectivity index is 1.54. The predicted molar refractivity (Wildman–Crippen MR) is 84.9 cm³/mol. The van der Waals surface area contributed by atoms with Crippen molar-refractivity contribution in [2.45, 2.75) is 45.1 Å². The molecule has 2 rings (SSSR count). The minimum absolute atomic E-state index is 0.822. The van der Waals surface area contributed by atoms with E-state index < -0.39 is 0 Å². The van der Waals surface area contributed by atoms with Crippen LogP contribution in [-0.4, -0.2) is 37.6 Å². The zero-order valence-corrected chi connectivity index (χ0v) is 13.2. The molecule has 1 N–H and O–H groups in total. The molecule has 108 valence electrons. The van der Waals surface area contributed by atoms with Gasteiger partial charge in [0.1, 0.15) is 0 Å². The van der Waals surface area contributed by atoms with Crippen molar-refractivity contribution in [1.82, 2.24) is 10.2 Å². The largest absolute Gasteiger partial charge is 0.315 e. The highest BCUT2D eigenvalue weighted by Crippen LogP contribution is 2.26. The molecule has 1 aliphatic carbocycles. The van der Waals surface area contributed by atoms with E-state index in [0.717, 1.165) is 25.0 Å². The van der Waals surface area contributed by atoms with Gasteiger partial charge >= 0.3 is 0 Å². The van der Waals surface area contributed by atoms with E-state index in [0.29, 0.717) is 0 Å². The van der Waals surface area contributed by atoms with Crippen LogP contribution in [0.1, 0.15) is 37.5 Å². The van der Waals surface area contributed by atoms with Crippen LogP contribution in [0.2, 0.25) is 0 Å². The molecule has 1 saturated carbocycles. The van der Waals surface area contributed by atoms with Crippen molar-refractivity contribution in [2.75, 3.05) is 26.7 Å². The minimum atomic E-state index is 0.822. The number of hydrogen-bond acceptors (Lipinski definition) is 3. The van der Waals surface area contributed by atoms with Crippen LogP contribution in [0.4, 0.5) is 0 Å². The highest BCUT2D eigenvalue weighted by atomic mass is 32.1. The molecule has 19 heavy (non-hydrogen) atoms. The zero-order chi connectivity index (χ0) is 13.5. The van der Waals surface area contributed by atoms with Crippen molar-refractivity contribution < 1.29 is 0 Å². The summed E-state index contributed by atoms with van der Waals surface area (Å²) in [6.07, 6.45) is 6.81. The average molecular weight is 280 g/mol. The fourth-order valence-electron chi connectivity index (χ4n) is 3.03. The maximum absolute atomic E-state index is 3.57. The van der Waals surface area contributed by atoms with Crippen LogP contribution in [0.15, 0.2) is 17.5 Å². The highest BCUT2D eigenvalue weighted by Gasteiger charge is 2.21. The summed E-state index contributed by atoms with van der Waals surface area (Å²) in [5, 5.41) is 5.73. The smallest absolute Gasteiger partial charge is 0.0107 e. The summed E-state index contributed by atoms with van der Waals surface area (Å²) in [5.41, 5.74) is 0. The Morgan fingerprint density at radius 2 is 2.26 bits per heavy atom. The number of rotatable bonds is 7. The molecule has 0 saturated heterocycles. The Morgan fingerprint density at radius 1 is 1.37 bits per heavy atom. The molecule has 0 spiro atoms. The summed E-state index contributed by atoms with van der Waals surface area (Å²) in [7, 11) is 2.30. The monoisotopic (exact) mass is 280 g/mol. The molecule has 1 heterocycles. The SMILES string of the molecule is CC1CCCC(N(C)CCNCCc2cccs2)C1. The van der Waals surface area contributed by atoms with Gasteiger partial charge in [-0.05, 0) is 43.7 Å². The van der Waals surface area contributed by atoms with E-state index in [2.05, 4.69) is 41.7 Å². The van der Waals surface area contributed by atoms with Crippen molar-refractivity contribution in [1.29, 1.82) is 0 Å². The molecule has 1 fully saturated rings. The maximum atomic E-state index is 3.57. The fourth-order valence-corrected chi connectivity index (χ4v) is 3.74. The molecule has 1 aromatic rings. The Morgan fingerprint density at radius 3 is 3.00 bits per heavy atom. The summed E-state index contributed by atoms with van der Waals surface area (Å²) in [6, 6.07) is 5.18. The molecule has 0 aliphatic heterocycles. The predicted octanol–water partition coefficient (Wildman–Crippen LogP) is 3.39. The molecule has 2 nitrogen and oxygen atoms in total. The molecular formula is C16H28N2S. The van der Waals surface area contributed by atoms with Gasteiger partial charge in [0.15, 0.2) is 0 Å². The molecule has 1 aromatic heterocycles. The molecule has 3 heteroatoms. The second-order valence-corrected chi connectivity index (χ2v) is 7.02. The molecule has 1 aliphatic rings. The molecule has 2 atom stereocenters. The first-order valence-corrected chi connectivity index (χ1v) is 8.57. The lowest BCUT2D eigenvalue weighted by Crippen LogP contribution is -2.39. The minimum Gasteiger partial charge on any atom is -0.315 e. The van der Waals surface area contributed by atoms with Crippen molar-refractivity contribution in [3.05, 3.63) is 22.4 Å². The lowest BCUT2D eigenvalue weighted by atomic mass is 9.86. The van der Waals surface area contributed by atoms with E-state index >= 15 is 0 Å². The number of nitrogens with zero attached hydrogens (tertiary/aromatic N) is 1. The van der Waals surface area contributed by atoms with E-state index in [1.165, 1.54) is 43.5 Å². The summed E-state index contributed by atoms with van der Waals surface area (Å²) in [4.78, 5) is 4.05. The summed E-state index contributed by atoms with van der Waals surface area (Å²) in [6.45, 7) is 5.81. The van der Waals surface area contributed by atoms with Crippen LogP contribution in [-0.2, 0) is 6.42 Å². The molecule has 0 amide bonds. The Kier molecular flexibility index (Phi) is 6.35. The van der Waals surface area contributed by atoms with Crippen molar-refractivity contribution >= 4 is 11.3 Å². The van der Waals surface area contributed by atoms with Crippen LogP contribution in [0.5, 0.6) is 0 Å². The van der Waals surface area contributed by atoms with E-state index in [-0.39, 0.29) is 0 Å². The molecule has 0 bridgehead atoms. The molecule has 2 unspecified atom stereocenters. The van der Waals surface area contributed by atoms with Crippen LogP contribution >= 0.6 is 11.3 Å². The fraction of sp³-hybridized carbons (Fsp3) is 0.750. The average Bonchev–Trinajstić information content (AvgIpc) is 2.91. The van der Waals surface area contributed by atoms with Gasteiger partial charge in [0.25, 0.3) is 0 Å². The second kappa shape index (κ2) is 8.03. The first kappa shape index (κ1) is 15.0. The van der Waals surface area contributed by atoms with E-state index in [1.54, 1.807) is 0 Å². The van der Waals surface area contributed by atoms with Gasteiger partial charge in [-0.25, -0.2) is 0 Å². The highest BCUT2D eigenvalue weighted by molar-refractivity contribution is 7.09. The van der Waals surface area contributed by atoms with E-state index in [1.807, 2.05) is 11.3 Å². The summed E-state index contributed by atoms with van der Waals surface area (Å²) < 4.78 is 0. The number of thiophene rings is 1. The first-order chi connectivity index (χ1) is 9.25. The van der Waals surface area contributed by atoms with Crippen LogP contribution < -0.4 is 5.32 Å². The van der Waals surface area contributed by atoms with Gasteiger partial charge in [-0.1, -0.05) is 25.8 Å². The van der Waals surface area contributed by atoms with Crippen LogP contribution in [0, 0.1) is 5.92 Å². The van der Waals surface area contributed by atoms with Crippen molar-refractivity contribution in [3.63, 3.8) is 0 Å². The second-order valence-electron chi connectivity index (χ2n) is 5.99. The lowest BCUT2D eigenvalue weighted by Gasteiger charge is -2.34.